The number of carboxylic acids is 1. The van der Waals surface area contributed by atoms with E-state index in [0.29, 0.717) is 32.7 Å². The Kier molecular flexibility index (Phi) is 4.42. The molecule has 1 aliphatic heterocycles. The third-order valence-corrected chi connectivity index (χ3v) is 4.42. The Bertz CT molecular complexity index is 345. The Morgan fingerprint density at radius 3 is 2.16 bits per heavy atom. The second-order valence-corrected chi connectivity index (χ2v) is 5.65. The van der Waals surface area contributed by atoms with E-state index in [1.165, 1.54) is 0 Å². The van der Waals surface area contributed by atoms with Gasteiger partial charge in [-0.3, -0.25) is 14.5 Å². The SMILES string of the molecule is NCC1(C(=O)N2CCN(CC(=O)O)CC2)CCCC1. The molecule has 0 aromatic heterocycles. The van der Waals surface area contributed by atoms with E-state index in [2.05, 4.69) is 0 Å². The highest BCUT2D eigenvalue weighted by Crippen LogP contribution is 2.38. The van der Waals surface area contributed by atoms with Crippen LogP contribution in [0.2, 0.25) is 0 Å². The molecule has 1 heterocycles. The molecule has 0 aromatic carbocycles. The molecular formula is C13H23N3O3. The van der Waals surface area contributed by atoms with Gasteiger partial charge in [0.15, 0.2) is 0 Å². The molecule has 1 saturated carbocycles. The van der Waals surface area contributed by atoms with Gasteiger partial charge in [0.1, 0.15) is 0 Å². The number of piperazine rings is 1. The number of carbonyl (C=O) groups is 2. The summed E-state index contributed by atoms with van der Waals surface area (Å²) in [7, 11) is 0. The molecule has 108 valence electrons. The molecule has 6 nitrogen and oxygen atoms in total. The molecule has 3 N–H and O–H groups in total. The maximum Gasteiger partial charge on any atom is 0.317 e. The van der Waals surface area contributed by atoms with Crippen LogP contribution in [0, 0.1) is 5.41 Å². The van der Waals surface area contributed by atoms with Gasteiger partial charge in [-0.2, -0.15) is 0 Å². The van der Waals surface area contributed by atoms with Gasteiger partial charge < -0.3 is 15.7 Å². The Labute approximate surface area is 113 Å². The third-order valence-electron chi connectivity index (χ3n) is 4.42. The van der Waals surface area contributed by atoms with Crippen molar-refractivity contribution in [2.24, 2.45) is 11.1 Å². The van der Waals surface area contributed by atoms with Crippen LogP contribution in [0.3, 0.4) is 0 Å². The minimum atomic E-state index is -0.811. The highest BCUT2D eigenvalue weighted by molar-refractivity contribution is 5.83. The summed E-state index contributed by atoms with van der Waals surface area (Å²) < 4.78 is 0. The second kappa shape index (κ2) is 5.88. The normalized spacial score (nSPS) is 23.5. The highest BCUT2D eigenvalue weighted by Gasteiger charge is 2.42. The van der Waals surface area contributed by atoms with Gasteiger partial charge in [0.05, 0.1) is 12.0 Å². The van der Waals surface area contributed by atoms with Crippen LogP contribution < -0.4 is 5.73 Å². The van der Waals surface area contributed by atoms with Crippen LogP contribution in [0.15, 0.2) is 0 Å². The van der Waals surface area contributed by atoms with E-state index in [4.69, 9.17) is 10.8 Å². The number of aliphatic carboxylic acids is 1. The molecule has 0 spiro atoms. The standard InChI is InChI=1S/C13H23N3O3/c14-10-13(3-1-2-4-13)12(19)16-7-5-15(6-8-16)9-11(17)18/h1-10,14H2,(H,17,18). The van der Waals surface area contributed by atoms with Crippen LogP contribution in [0.4, 0.5) is 0 Å². The zero-order valence-electron chi connectivity index (χ0n) is 11.3. The topological polar surface area (TPSA) is 86.9 Å². The summed E-state index contributed by atoms with van der Waals surface area (Å²) in [5.41, 5.74) is 5.50. The molecule has 0 aromatic rings. The predicted molar refractivity (Wildman–Crippen MR) is 70.6 cm³/mol. The fourth-order valence-corrected chi connectivity index (χ4v) is 3.19. The Hall–Kier alpha value is -1.14. The summed E-state index contributed by atoms with van der Waals surface area (Å²) in [6, 6.07) is 0. The molecule has 1 saturated heterocycles. The molecular weight excluding hydrogens is 246 g/mol. The predicted octanol–water partition coefficient (Wildman–Crippen LogP) is -0.266. The lowest BCUT2D eigenvalue weighted by Crippen LogP contribution is -2.54. The zero-order chi connectivity index (χ0) is 13.9. The second-order valence-electron chi connectivity index (χ2n) is 5.65. The van der Waals surface area contributed by atoms with Crippen molar-refractivity contribution in [3.63, 3.8) is 0 Å². The Balaban J connectivity index is 1.90. The van der Waals surface area contributed by atoms with Crippen LogP contribution >= 0.6 is 0 Å². The zero-order valence-corrected chi connectivity index (χ0v) is 11.3. The van der Waals surface area contributed by atoms with Gasteiger partial charge in [-0.25, -0.2) is 0 Å². The van der Waals surface area contributed by atoms with E-state index >= 15 is 0 Å². The van der Waals surface area contributed by atoms with Crippen molar-refractivity contribution in [3.8, 4) is 0 Å². The van der Waals surface area contributed by atoms with E-state index in [0.717, 1.165) is 25.7 Å². The molecule has 0 unspecified atom stereocenters. The molecule has 6 heteroatoms. The summed E-state index contributed by atoms with van der Waals surface area (Å²) in [6.45, 7) is 3.00. The number of nitrogens with zero attached hydrogens (tertiary/aromatic N) is 2. The van der Waals surface area contributed by atoms with E-state index < -0.39 is 5.97 Å². The minimum Gasteiger partial charge on any atom is -0.480 e. The Morgan fingerprint density at radius 1 is 1.11 bits per heavy atom. The van der Waals surface area contributed by atoms with Crippen molar-refractivity contribution >= 4 is 11.9 Å². The summed E-state index contributed by atoms with van der Waals surface area (Å²) in [6.07, 6.45) is 3.97. The quantitative estimate of drug-likeness (QED) is 0.734. The summed E-state index contributed by atoms with van der Waals surface area (Å²) in [5.74, 6) is -0.628. The van der Waals surface area contributed by atoms with Gasteiger partial charge in [-0.1, -0.05) is 12.8 Å². The highest BCUT2D eigenvalue weighted by atomic mass is 16.4. The molecule has 2 aliphatic rings. The molecule has 0 radical (unpaired) electrons. The van der Waals surface area contributed by atoms with Gasteiger partial charge in [-0.15, -0.1) is 0 Å². The largest absolute Gasteiger partial charge is 0.480 e. The molecule has 0 atom stereocenters. The van der Waals surface area contributed by atoms with Gasteiger partial charge in [0.25, 0.3) is 0 Å². The van der Waals surface area contributed by atoms with Crippen LogP contribution in [-0.4, -0.2) is 66.1 Å². The fourth-order valence-electron chi connectivity index (χ4n) is 3.19. The van der Waals surface area contributed by atoms with E-state index in [1.54, 1.807) is 0 Å². The summed E-state index contributed by atoms with van der Waals surface area (Å²) in [5, 5.41) is 8.75. The van der Waals surface area contributed by atoms with Gasteiger partial charge in [0, 0.05) is 32.7 Å². The van der Waals surface area contributed by atoms with Crippen molar-refractivity contribution in [1.29, 1.82) is 0 Å². The van der Waals surface area contributed by atoms with Crippen LogP contribution in [-0.2, 0) is 9.59 Å². The lowest BCUT2D eigenvalue weighted by atomic mass is 9.84. The maximum atomic E-state index is 12.6. The monoisotopic (exact) mass is 269 g/mol. The van der Waals surface area contributed by atoms with E-state index in [9.17, 15) is 9.59 Å². The Morgan fingerprint density at radius 2 is 1.68 bits per heavy atom. The molecule has 0 bridgehead atoms. The first-order chi connectivity index (χ1) is 9.07. The first kappa shape index (κ1) is 14.3. The number of amides is 1. The molecule has 2 rings (SSSR count). The first-order valence-corrected chi connectivity index (χ1v) is 7.01. The first-order valence-electron chi connectivity index (χ1n) is 7.01. The number of carbonyl (C=O) groups excluding carboxylic acids is 1. The molecule has 2 fully saturated rings. The molecule has 1 amide bonds. The van der Waals surface area contributed by atoms with E-state index in [1.807, 2.05) is 9.80 Å². The lowest BCUT2D eigenvalue weighted by Gasteiger charge is -2.39. The molecule has 19 heavy (non-hydrogen) atoms. The lowest BCUT2D eigenvalue weighted by molar-refractivity contribution is -0.144. The number of hydrogen-bond acceptors (Lipinski definition) is 4. The average Bonchev–Trinajstić information content (AvgIpc) is 2.88. The average molecular weight is 269 g/mol. The number of carboxylic acid groups (broad SMARTS) is 1. The van der Waals surface area contributed by atoms with Gasteiger partial charge in [0.2, 0.25) is 5.91 Å². The van der Waals surface area contributed by atoms with Gasteiger partial charge in [-0.05, 0) is 12.8 Å². The molecule has 1 aliphatic carbocycles. The smallest absolute Gasteiger partial charge is 0.317 e. The van der Waals surface area contributed by atoms with Crippen molar-refractivity contribution in [2.45, 2.75) is 25.7 Å². The minimum absolute atomic E-state index is 0.0596. The van der Waals surface area contributed by atoms with Crippen LogP contribution in [0.1, 0.15) is 25.7 Å². The fraction of sp³-hybridized carbons (Fsp3) is 0.846. The van der Waals surface area contributed by atoms with Crippen molar-refractivity contribution in [1.82, 2.24) is 9.80 Å². The van der Waals surface area contributed by atoms with Crippen LogP contribution in [0.25, 0.3) is 0 Å². The maximum absolute atomic E-state index is 12.6. The number of rotatable bonds is 4. The van der Waals surface area contributed by atoms with Gasteiger partial charge >= 0.3 is 5.97 Å². The van der Waals surface area contributed by atoms with Crippen molar-refractivity contribution in [2.75, 3.05) is 39.3 Å². The third kappa shape index (κ3) is 3.06. The van der Waals surface area contributed by atoms with Crippen molar-refractivity contribution in [3.05, 3.63) is 0 Å². The number of nitrogens with two attached hydrogens (primary N) is 1. The summed E-state index contributed by atoms with van der Waals surface area (Å²) in [4.78, 5) is 27.0. The summed E-state index contributed by atoms with van der Waals surface area (Å²) >= 11 is 0. The van der Waals surface area contributed by atoms with Crippen molar-refractivity contribution < 1.29 is 14.7 Å². The van der Waals surface area contributed by atoms with E-state index in [-0.39, 0.29) is 17.9 Å². The van der Waals surface area contributed by atoms with Crippen LogP contribution in [0.5, 0.6) is 0 Å². The number of hydrogen-bond donors (Lipinski definition) is 2.